The summed E-state index contributed by atoms with van der Waals surface area (Å²) in [5.41, 5.74) is -0.744. The lowest BCUT2D eigenvalue weighted by Crippen LogP contribution is -2.41. The molecule has 0 spiro atoms. The molecular formula is C14H21NO5. The second-order valence-corrected chi connectivity index (χ2v) is 4.81. The fourth-order valence-corrected chi connectivity index (χ4v) is 1.61. The largest absolute Gasteiger partial charge is 0.504 e. The third kappa shape index (κ3) is 4.71. The van der Waals surface area contributed by atoms with E-state index in [1.54, 1.807) is 14.0 Å². The summed E-state index contributed by atoms with van der Waals surface area (Å²) in [6.07, 6.45) is 0.414. The summed E-state index contributed by atoms with van der Waals surface area (Å²) in [4.78, 5) is 11.9. The van der Waals surface area contributed by atoms with E-state index in [0.29, 0.717) is 24.3 Å². The number of benzene rings is 1. The van der Waals surface area contributed by atoms with E-state index in [0.717, 1.165) is 0 Å². The summed E-state index contributed by atoms with van der Waals surface area (Å²) < 4.78 is 9.79. The van der Waals surface area contributed by atoms with E-state index in [-0.39, 0.29) is 18.2 Å². The molecule has 0 aliphatic heterocycles. The zero-order valence-corrected chi connectivity index (χ0v) is 12.0. The number of aromatic hydroxyl groups is 1. The van der Waals surface area contributed by atoms with Gasteiger partial charge in [-0.05, 0) is 25.1 Å². The van der Waals surface area contributed by atoms with E-state index in [9.17, 15) is 15.0 Å². The second-order valence-electron chi connectivity index (χ2n) is 4.81. The molecule has 1 atom stereocenters. The van der Waals surface area contributed by atoms with Gasteiger partial charge in [-0.2, -0.15) is 0 Å². The summed E-state index contributed by atoms with van der Waals surface area (Å²) in [7, 11) is 2.98. The van der Waals surface area contributed by atoms with Gasteiger partial charge >= 0.3 is 0 Å². The van der Waals surface area contributed by atoms with Gasteiger partial charge in [0.2, 0.25) is 0 Å². The number of carbonyl (C=O) groups is 1. The number of methoxy groups -OCH3 is 2. The van der Waals surface area contributed by atoms with Crippen molar-refractivity contribution in [3.63, 3.8) is 0 Å². The van der Waals surface area contributed by atoms with Crippen molar-refractivity contribution in [1.29, 1.82) is 0 Å². The van der Waals surface area contributed by atoms with Crippen LogP contribution in [0.3, 0.4) is 0 Å². The van der Waals surface area contributed by atoms with Crippen molar-refractivity contribution in [1.82, 2.24) is 5.32 Å². The molecule has 0 saturated carbocycles. The average Bonchev–Trinajstić information content (AvgIpc) is 2.42. The Morgan fingerprint density at radius 2 is 2.10 bits per heavy atom. The highest BCUT2D eigenvalue weighted by Crippen LogP contribution is 2.26. The second kappa shape index (κ2) is 7.12. The summed E-state index contributed by atoms with van der Waals surface area (Å²) >= 11 is 0. The maximum atomic E-state index is 11.9. The summed E-state index contributed by atoms with van der Waals surface area (Å²) in [6, 6.07) is 4.36. The van der Waals surface area contributed by atoms with E-state index in [2.05, 4.69) is 5.32 Å². The first kappa shape index (κ1) is 16.3. The van der Waals surface area contributed by atoms with E-state index in [1.807, 2.05) is 0 Å². The van der Waals surface area contributed by atoms with Crippen molar-refractivity contribution >= 4 is 5.91 Å². The quantitative estimate of drug-likeness (QED) is 0.692. The monoisotopic (exact) mass is 283 g/mol. The minimum absolute atomic E-state index is 0.0992. The van der Waals surface area contributed by atoms with E-state index in [4.69, 9.17) is 9.47 Å². The van der Waals surface area contributed by atoms with Crippen LogP contribution >= 0.6 is 0 Å². The van der Waals surface area contributed by atoms with Crippen LogP contribution in [-0.4, -0.2) is 49.1 Å². The van der Waals surface area contributed by atoms with Crippen LogP contribution in [0.25, 0.3) is 0 Å². The summed E-state index contributed by atoms with van der Waals surface area (Å²) in [6.45, 7) is 2.13. The number of amides is 1. The molecule has 6 nitrogen and oxygen atoms in total. The number of hydrogen-bond acceptors (Lipinski definition) is 5. The fourth-order valence-electron chi connectivity index (χ4n) is 1.61. The summed E-state index contributed by atoms with van der Waals surface area (Å²) in [5, 5.41) is 22.2. The van der Waals surface area contributed by atoms with Gasteiger partial charge in [-0.25, -0.2) is 0 Å². The van der Waals surface area contributed by atoms with Gasteiger partial charge in [0, 0.05) is 32.2 Å². The van der Waals surface area contributed by atoms with E-state index >= 15 is 0 Å². The molecule has 3 N–H and O–H groups in total. The molecular weight excluding hydrogens is 262 g/mol. The lowest BCUT2D eigenvalue weighted by Gasteiger charge is -2.23. The molecule has 1 aromatic carbocycles. The van der Waals surface area contributed by atoms with Crippen LogP contribution in [0.2, 0.25) is 0 Å². The molecule has 112 valence electrons. The van der Waals surface area contributed by atoms with Crippen LogP contribution in [0.5, 0.6) is 11.5 Å². The number of carbonyl (C=O) groups excluding carboxylic acids is 1. The summed E-state index contributed by atoms with van der Waals surface area (Å²) in [5.74, 6) is -0.180. The Hall–Kier alpha value is -1.79. The number of nitrogens with one attached hydrogen (secondary N) is 1. The highest BCUT2D eigenvalue weighted by Gasteiger charge is 2.21. The Morgan fingerprint density at radius 1 is 1.40 bits per heavy atom. The van der Waals surface area contributed by atoms with Crippen LogP contribution in [0.15, 0.2) is 18.2 Å². The molecule has 0 bridgehead atoms. The molecule has 0 aromatic heterocycles. The molecule has 0 aliphatic carbocycles. The molecule has 0 heterocycles. The van der Waals surface area contributed by atoms with Crippen LogP contribution in [0.4, 0.5) is 0 Å². The van der Waals surface area contributed by atoms with Crippen molar-refractivity contribution in [3.8, 4) is 11.5 Å². The predicted molar refractivity (Wildman–Crippen MR) is 74.1 cm³/mol. The lowest BCUT2D eigenvalue weighted by atomic mass is 10.0. The van der Waals surface area contributed by atoms with Crippen LogP contribution in [0.1, 0.15) is 23.7 Å². The van der Waals surface area contributed by atoms with Crippen molar-refractivity contribution < 1.29 is 24.5 Å². The van der Waals surface area contributed by atoms with Gasteiger partial charge in [-0.1, -0.05) is 0 Å². The Bertz CT molecular complexity index is 459. The third-order valence-corrected chi connectivity index (χ3v) is 2.92. The number of hydrogen-bond donors (Lipinski definition) is 3. The van der Waals surface area contributed by atoms with E-state index in [1.165, 1.54) is 25.3 Å². The Labute approximate surface area is 118 Å². The first-order valence-electron chi connectivity index (χ1n) is 6.26. The highest BCUT2D eigenvalue weighted by atomic mass is 16.5. The zero-order chi connectivity index (χ0) is 15.2. The molecule has 20 heavy (non-hydrogen) atoms. The molecule has 1 unspecified atom stereocenters. The van der Waals surface area contributed by atoms with Crippen molar-refractivity contribution in [2.75, 3.05) is 27.4 Å². The lowest BCUT2D eigenvalue weighted by molar-refractivity contribution is 0.0243. The molecule has 0 radical (unpaired) electrons. The van der Waals surface area contributed by atoms with Gasteiger partial charge in [0.15, 0.2) is 11.5 Å². The Balaban J connectivity index is 2.61. The standard InChI is InChI=1S/C14H21NO5/c1-14(18,6-7-19-2)9-15-13(17)10-4-5-12(20-3)11(16)8-10/h4-5,8,16,18H,6-7,9H2,1-3H3,(H,15,17). The molecule has 1 amide bonds. The van der Waals surface area contributed by atoms with Crippen molar-refractivity contribution in [2.24, 2.45) is 0 Å². The SMILES string of the molecule is COCCC(C)(O)CNC(=O)c1ccc(OC)c(O)c1. The zero-order valence-electron chi connectivity index (χ0n) is 12.0. The number of ether oxygens (including phenoxy) is 2. The number of aliphatic hydroxyl groups is 1. The molecule has 1 aromatic rings. The molecule has 0 saturated heterocycles. The van der Waals surface area contributed by atoms with Gasteiger partial charge < -0.3 is 25.0 Å². The predicted octanol–water partition coefficient (Wildman–Crippen LogP) is 0.918. The third-order valence-electron chi connectivity index (χ3n) is 2.92. The molecule has 1 rings (SSSR count). The van der Waals surface area contributed by atoms with Crippen molar-refractivity contribution in [3.05, 3.63) is 23.8 Å². The van der Waals surface area contributed by atoms with Crippen LogP contribution in [0, 0.1) is 0 Å². The smallest absolute Gasteiger partial charge is 0.251 e. The van der Waals surface area contributed by atoms with Gasteiger partial charge in [0.25, 0.3) is 5.91 Å². The average molecular weight is 283 g/mol. The van der Waals surface area contributed by atoms with Gasteiger partial charge in [0.05, 0.1) is 12.7 Å². The van der Waals surface area contributed by atoms with Crippen LogP contribution in [-0.2, 0) is 4.74 Å². The minimum atomic E-state index is -1.04. The topological polar surface area (TPSA) is 88.0 Å². The molecule has 0 aliphatic rings. The maximum absolute atomic E-state index is 11.9. The minimum Gasteiger partial charge on any atom is -0.504 e. The number of phenolic OH excluding ortho intramolecular Hbond substituents is 1. The first-order chi connectivity index (χ1) is 9.39. The first-order valence-corrected chi connectivity index (χ1v) is 6.26. The van der Waals surface area contributed by atoms with Crippen molar-refractivity contribution in [2.45, 2.75) is 18.9 Å². The normalized spacial score (nSPS) is 13.6. The fraction of sp³-hybridized carbons (Fsp3) is 0.500. The molecule has 0 fully saturated rings. The van der Waals surface area contributed by atoms with E-state index < -0.39 is 5.60 Å². The van der Waals surface area contributed by atoms with Gasteiger partial charge in [-0.15, -0.1) is 0 Å². The number of phenols is 1. The number of rotatable bonds is 7. The Kier molecular flexibility index (Phi) is 5.79. The molecule has 6 heteroatoms. The Morgan fingerprint density at radius 3 is 2.65 bits per heavy atom. The van der Waals surface area contributed by atoms with Crippen LogP contribution < -0.4 is 10.1 Å². The van der Waals surface area contributed by atoms with Gasteiger partial charge in [-0.3, -0.25) is 4.79 Å². The van der Waals surface area contributed by atoms with Gasteiger partial charge in [0.1, 0.15) is 0 Å². The highest BCUT2D eigenvalue weighted by molar-refractivity contribution is 5.94. The maximum Gasteiger partial charge on any atom is 0.251 e.